The molecule has 3 aromatic rings. The van der Waals surface area contributed by atoms with Crippen molar-refractivity contribution in [1.82, 2.24) is 0 Å². The summed E-state index contributed by atoms with van der Waals surface area (Å²) in [6.45, 7) is 4.00. The summed E-state index contributed by atoms with van der Waals surface area (Å²) in [6, 6.07) is 21.3. The molecule has 7 nitrogen and oxygen atoms in total. The van der Waals surface area contributed by atoms with Crippen LogP contribution < -0.4 is 15.4 Å². The molecule has 0 aliphatic carbocycles. The lowest BCUT2D eigenvalue weighted by Crippen LogP contribution is -2.33. The second kappa shape index (κ2) is 7.95. The van der Waals surface area contributed by atoms with E-state index in [4.69, 9.17) is 10.5 Å². The number of rotatable bonds is 4. The van der Waals surface area contributed by atoms with Crippen LogP contribution in [-0.2, 0) is 0 Å². The predicted octanol–water partition coefficient (Wildman–Crippen LogP) is 5.56. The molecule has 2 N–H and O–H groups in total. The molecule has 0 radical (unpaired) electrons. The van der Waals surface area contributed by atoms with Gasteiger partial charge < -0.3 is 10.5 Å². The average molecular weight is 414 g/mol. The average Bonchev–Trinajstić information content (AvgIpc) is 2.75. The molecule has 7 heteroatoms. The van der Waals surface area contributed by atoms with Crippen molar-refractivity contribution in [3.8, 4) is 5.75 Å². The van der Waals surface area contributed by atoms with Crippen molar-refractivity contribution in [2.45, 2.75) is 19.4 Å². The van der Waals surface area contributed by atoms with Gasteiger partial charge in [0.05, 0.1) is 10.6 Å². The molecule has 0 amide bonds. The van der Waals surface area contributed by atoms with Crippen LogP contribution in [-0.4, -0.2) is 16.5 Å². The summed E-state index contributed by atoms with van der Waals surface area (Å²) in [5.41, 5.74) is 9.14. The summed E-state index contributed by atoms with van der Waals surface area (Å²) in [6.07, 6.45) is 4.01. The zero-order valence-corrected chi connectivity index (χ0v) is 17.2. The number of nitrogens with zero attached hydrogens (tertiary/aromatic N) is 3. The van der Waals surface area contributed by atoms with Gasteiger partial charge in [-0.2, -0.15) is 0 Å². The Kier molecular flexibility index (Phi) is 5.17. The first-order valence-corrected chi connectivity index (χ1v) is 9.78. The number of ether oxygens (including phenoxy) is 1. The van der Waals surface area contributed by atoms with Crippen LogP contribution >= 0.6 is 0 Å². The number of benzene rings is 3. The van der Waals surface area contributed by atoms with E-state index in [1.54, 1.807) is 17.0 Å². The maximum absolute atomic E-state index is 11.0. The van der Waals surface area contributed by atoms with Crippen molar-refractivity contribution < 1.29 is 9.66 Å². The van der Waals surface area contributed by atoms with Crippen molar-refractivity contribution in [1.29, 1.82) is 0 Å². The molecule has 1 aliphatic heterocycles. The third-order valence-electron chi connectivity index (χ3n) is 4.84. The Morgan fingerprint density at radius 3 is 2.39 bits per heavy atom. The molecule has 4 rings (SSSR count). The van der Waals surface area contributed by atoms with E-state index >= 15 is 0 Å². The van der Waals surface area contributed by atoms with Crippen LogP contribution in [0.15, 0.2) is 83.9 Å². The third-order valence-corrected chi connectivity index (χ3v) is 4.84. The Morgan fingerprint density at radius 1 is 1.03 bits per heavy atom. The molecule has 0 saturated carbocycles. The van der Waals surface area contributed by atoms with Crippen LogP contribution in [0.4, 0.5) is 22.7 Å². The quantitative estimate of drug-likeness (QED) is 0.261. The summed E-state index contributed by atoms with van der Waals surface area (Å²) < 4.78 is 5.96. The van der Waals surface area contributed by atoms with Crippen LogP contribution in [0.5, 0.6) is 5.75 Å². The molecular weight excluding hydrogens is 392 g/mol. The number of anilines is 2. The Bertz CT molecular complexity index is 1170. The molecule has 0 bridgehead atoms. The summed E-state index contributed by atoms with van der Waals surface area (Å²) in [7, 11) is 0. The minimum Gasteiger partial charge on any atom is -0.483 e. The van der Waals surface area contributed by atoms with Gasteiger partial charge >= 0.3 is 0 Å². The number of fused-ring (bicyclic) bond motifs is 1. The minimum atomic E-state index is -0.432. The number of nitro benzene ring substituents is 1. The number of hydrogen-bond donors (Lipinski definition) is 1. The van der Waals surface area contributed by atoms with E-state index in [2.05, 4.69) is 4.99 Å². The van der Waals surface area contributed by atoms with E-state index in [-0.39, 0.29) is 17.2 Å². The Labute approximate surface area is 180 Å². The van der Waals surface area contributed by atoms with E-state index in [9.17, 15) is 10.1 Å². The number of hydrogen-bond acceptors (Lipinski definition) is 4. The van der Waals surface area contributed by atoms with Gasteiger partial charge in [-0.1, -0.05) is 24.3 Å². The first-order valence-electron chi connectivity index (χ1n) is 9.78. The van der Waals surface area contributed by atoms with Gasteiger partial charge in [0.15, 0.2) is 0 Å². The number of aliphatic imine (C=N–C) groups is 1. The number of non-ortho nitro benzene ring substituents is 1. The SMILES string of the molecule is CC1(C)C=Cc2cc(N=C(N)N(c3ccccc3)c3ccc([N+](=O)[O-])cc3)ccc2O1. The second-order valence-electron chi connectivity index (χ2n) is 7.68. The largest absolute Gasteiger partial charge is 0.483 e. The highest BCUT2D eigenvalue weighted by Gasteiger charge is 2.22. The molecule has 156 valence electrons. The molecule has 0 unspecified atom stereocenters. The van der Waals surface area contributed by atoms with Crippen LogP contribution in [0.2, 0.25) is 0 Å². The molecule has 0 saturated heterocycles. The summed E-state index contributed by atoms with van der Waals surface area (Å²) >= 11 is 0. The summed E-state index contributed by atoms with van der Waals surface area (Å²) in [5.74, 6) is 1.03. The van der Waals surface area contributed by atoms with Crippen LogP contribution in [0.3, 0.4) is 0 Å². The first-order chi connectivity index (χ1) is 14.8. The number of nitrogens with two attached hydrogens (primary N) is 1. The lowest BCUT2D eigenvalue weighted by molar-refractivity contribution is -0.384. The van der Waals surface area contributed by atoms with Crippen molar-refractivity contribution >= 4 is 34.8 Å². The van der Waals surface area contributed by atoms with Gasteiger partial charge in [0.1, 0.15) is 11.4 Å². The van der Waals surface area contributed by atoms with E-state index in [1.165, 1.54) is 12.1 Å². The van der Waals surface area contributed by atoms with Crippen LogP contribution in [0, 0.1) is 10.1 Å². The minimum absolute atomic E-state index is 0.0108. The highest BCUT2D eigenvalue weighted by molar-refractivity contribution is 6.03. The van der Waals surface area contributed by atoms with E-state index in [1.807, 2.05) is 74.5 Å². The molecule has 31 heavy (non-hydrogen) atoms. The molecule has 0 aromatic heterocycles. The van der Waals surface area contributed by atoms with Gasteiger partial charge in [0.2, 0.25) is 5.96 Å². The maximum atomic E-state index is 11.0. The smallest absolute Gasteiger partial charge is 0.269 e. The monoisotopic (exact) mass is 414 g/mol. The van der Waals surface area contributed by atoms with Gasteiger partial charge in [-0.25, -0.2) is 4.99 Å². The van der Waals surface area contributed by atoms with Crippen molar-refractivity contribution in [2.75, 3.05) is 4.90 Å². The van der Waals surface area contributed by atoms with Crippen molar-refractivity contribution in [2.24, 2.45) is 10.7 Å². The topological polar surface area (TPSA) is 94.0 Å². The van der Waals surface area contributed by atoms with Crippen molar-refractivity contribution in [3.05, 3.63) is 94.6 Å². The molecule has 0 fully saturated rings. The Balaban J connectivity index is 1.72. The molecule has 1 heterocycles. The van der Waals surface area contributed by atoms with Crippen molar-refractivity contribution in [3.63, 3.8) is 0 Å². The highest BCUT2D eigenvalue weighted by Crippen LogP contribution is 2.34. The molecular formula is C24H22N4O3. The zero-order valence-electron chi connectivity index (χ0n) is 17.2. The highest BCUT2D eigenvalue weighted by atomic mass is 16.6. The molecule has 0 spiro atoms. The number of para-hydroxylation sites is 1. The summed E-state index contributed by atoms with van der Waals surface area (Å²) in [4.78, 5) is 16.9. The fraction of sp³-hybridized carbons (Fsp3) is 0.125. The molecule has 1 aliphatic rings. The van der Waals surface area contributed by atoms with Crippen LogP contribution in [0.1, 0.15) is 19.4 Å². The normalized spacial score (nSPS) is 14.5. The number of nitro groups is 1. The lowest BCUT2D eigenvalue weighted by Gasteiger charge is -2.28. The Morgan fingerprint density at radius 2 is 1.71 bits per heavy atom. The van der Waals surface area contributed by atoms with Gasteiger partial charge in [-0.15, -0.1) is 0 Å². The van der Waals surface area contributed by atoms with Crippen LogP contribution in [0.25, 0.3) is 6.08 Å². The van der Waals surface area contributed by atoms with E-state index in [0.29, 0.717) is 11.4 Å². The number of guanidine groups is 1. The second-order valence-corrected chi connectivity index (χ2v) is 7.68. The fourth-order valence-corrected chi connectivity index (χ4v) is 3.33. The first kappa shape index (κ1) is 20.2. The molecule has 0 atom stereocenters. The van der Waals surface area contributed by atoms with Gasteiger partial charge in [-0.3, -0.25) is 15.0 Å². The predicted molar refractivity (Wildman–Crippen MR) is 123 cm³/mol. The zero-order chi connectivity index (χ0) is 22.0. The fourth-order valence-electron chi connectivity index (χ4n) is 3.33. The summed E-state index contributed by atoms with van der Waals surface area (Å²) in [5, 5.41) is 11.0. The van der Waals surface area contributed by atoms with Gasteiger partial charge in [-0.05, 0) is 62.4 Å². The van der Waals surface area contributed by atoms with E-state index in [0.717, 1.165) is 17.0 Å². The van der Waals surface area contributed by atoms with Gasteiger partial charge in [0.25, 0.3) is 5.69 Å². The third kappa shape index (κ3) is 4.40. The Hall–Kier alpha value is -4.13. The standard InChI is InChI=1S/C24H22N4O3/c1-24(2)15-14-17-16-18(8-13-22(17)31-24)26-23(25)27(19-6-4-3-5-7-19)20-9-11-21(12-10-20)28(29)30/h3-16H,1-2H3,(H2,25,26). The van der Waals surface area contributed by atoms with Gasteiger partial charge in [0, 0.05) is 29.1 Å². The maximum Gasteiger partial charge on any atom is 0.269 e. The lowest BCUT2D eigenvalue weighted by atomic mass is 10.0. The molecule has 3 aromatic carbocycles. The van der Waals surface area contributed by atoms with E-state index < -0.39 is 4.92 Å².